The molecule has 180 valence electrons. The molecule has 0 unspecified atom stereocenters. The van der Waals surface area contributed by atoms with Crippen LogP contribution in [0.3, 0.4) is 0 Å². The van der Waals surface area contributed by atoms with Crippen LogP contribution < -0.4 is 0 Å². The van der Waals surface area contributed by atoms with Crippen molar-refractivity contribution in [2.24, 2.45) is 0 Å². The summed E-state index contributed by atoms with van der Waals surface area (Å²) in [5.74, 6) is 0. The number of rotatable bonds is 18. The van der Waals surface area contributed by atoms with E-state index in [9.17, 15) is 9.59 Å². The normalized spacial score (nSPS) is 12.1. The minimum Gasteiger partial charge on any atom is -0.377 e. The molecule has 0 aromatic rings. The maximum atomic E-state index is 12.3. The van der Waals surface area contributed by atoms with Gasteiger partial charge in [-0.2, -0.15) is 0 Å². The lowest BCUT2D eigenvalue weighted by molar-refractivity contribution is -0.110. The van der Waals surface area contributed by atoms with Crippen LogP contribution in [0.15, 0.2) is 24.3 Å². The van der Waals surface area contributed by atoms with Crippen LogP contribution in [0.4, 0.5) is 0 Å². The first-order valence-electron chi connectivity index (χ1n) is 10.1. The average Bonchev–Trinajstić information content (AvgIpc) is 2.79. The van der Waals surface area contributed by atoms with Gasteiger partial charge < -0.3 is 26.6 Å². The van der Waals surface area contributed by atoms with Gasteiger partial charge in [0.15, 0.2) is 0 Å². The summed E-state index contributed by atoms with van der Waals surface area (Å²) in [6.07, 6.45) is 4.02. The van der Waals surface area contributed by atoms with Gasteiger partial charge >= 0.3 is 17.6 Å². The van der Waals surface area contributed by atoms with E-state index in [4.69, 9.17) is 26.6 Å². The van der Waals surface area contributed by atoms with Crippen LogP contribution in [-0.4, -0.2) is 70.5 Å². The Bertz CT molecular complexity index is 525. The molecule has 0 saturated carbocycles. The van der Waals surface area contributed by atoms with Crippen molar-refractivity contribution in [1.29, 1.82) is 0 Å². The van der Waals surface area contributed by atoms with E-state index in [1.54, 1.807) is 42.7 Å². The lowest BCUT2D eigenvalue weighted by Gasteiger charge is -2.24. The van der Waals surface area contributed by atoms with E-state index in [-0.39, 0.29) is 10.2 Å². The summed E-state index contributed by atoms with van der Waals surface area (Å²) in [6, 6.07) is 1.31. The number of hydrogen-bond acceptors (Lipinski definition) is 9. The summed E-state index contributed by atoms with van der Waals surface area (Å²) >= 11 is 0.662. The third-order valence-electron chi connectivity index (χ3n) is 5.05. The Hall–Kier alpha value is -0.636. The van der Waals surface area contributed by atoms with Gasteiger partial charge in [-0.3, -0.25) is 9.59 Å². The third-order valence-corrected chi connectivity index (χ3v) is 11.7. The predicted octanol–water partition coefficient (Wildman–Crippen LogP) is 3.98. The zero-order valence-corrected chi connectivity index (χ0v) is 22.6. The van der Waals surface area contributed by atoms with Gasteiger partial charge in [-0.25, -0.2) is 0 Å². The van der Waals surface area contributed by atoms with Crippen LogP contribution in [0.2, 0.25) is 12.1 Å². The summed E-state index contributed by atoms with van der Waals surface area (Å²) in [5, 5.41) is -0.631. The second-order valence-corrected chi connectivity index (χ2v) is 14.0. The van der Waals surface area contributed by atoms with Crippen molar-refractivity contribution in [1.82, 2.24) is 0 Å². The number of thioether (sulfide) groups is 1. The zero-order valence-electron chi connectivity index (χ0n) is 19.7. The van der Waals surface area contributed by atoms with Crippen molar-refractivity contribution < 1.29 is 36.1 Å². The standard InChI is InChI=1S/C20H38O8SSi2/c1-17(13-9-11-15-30(23-3,24-4)25-5)19(21)29-20(22)18(2)14-10-12-16-31(26-6,27-7)28-8/h1-2,9-16H2,3-8H3. The highest BCUT2D eigenvalue weighted by Crippen LogP contribution is 2.24. The predicted molar refractivity (Wildman–Crippen MR) is 127 cm³/mol. The van der Waals surface area contributed by atoms with Crippen molar-refractivity contribution in [3.8, 4) is 0 Å². The van der Waals surface area contributed by atoms with Gasteiger partial charge in [0, 0.05) is 54.7 Å². The zero-order chi connectivity index (χ0) is 23.9. The highest BCUT2D eigenvalue weighted by molar-refractivity contribution is 8.26. The van der Waals surface area contributed by atoms with Crippen LogP contribution in [0.25, 0.3) is 0 Å². The fourth-order valence-electron chi connectivity index (χ4n) is 2.90. The molecule has 11 heteroatoms. The summed E-state index contributed by atoms with van der Waals surface area (Å²) < 4.78 is 32.3. The number of hydrogen-bond donors (Lipinski definition) is 0. The Balaban J connectivity index is 4.27. The van der Waals surface area contributed by atoms with Crippen molar-refractivity contribution in [2.75, 3.05) is 42.7 Å². The van der Waals surface area contributed by atoms with Gasteiger partial charge in [-0.1, -0.05) is 13.2 Å². The SMILES string of the molecule is C=C(CCCC[Si](OC)(OC)OC)C(=O)SC(=O)C(=C)CCCC[Si](OC)(OC)OC. The quantitative estimate of drug-likeness (QED) is 0.159. The molecule has 0 aliphatic carbocycles. The Kier molecular flexibility index (Phi) is 15.7. The minimum atomic E-state index is -2.60. The van der Waals surface area contributed by atoms with Crippen LogP contribution >= 0.6 is 11.8 Å². The van der Waals surface area contributed by atoms with E-state index in [0.29, 0.717) is 47.8 Å². The largest absolute Gasteiger partial charge is 0.500 e. The molecular weight excluding hydrogens is 456 g/mol. The first-order chi connectivity index (χ1) is 14.7. The molecule has 0 spiro atoms. The van der Waals surface area contributed by atoms with E-state index in [2.05, 4.69) is 13.2 Å². The van der Waals surface area contributed by atoms with E-state index in [1.807, 2.05) is 0 Å². The first kappa shape index (κ1) is 30.4. The molecule has 0 aliphatic heterocycles. The molecule has 0 bridgehead atoms. The molecule has 0 amide bonds. The van der Waals surface area contributed by atoms with E-state index in [0.717, 1.165) is 25.7 Å². The average molecular weight is 495 g/mol. The highest BCUT2D eigenvalue weighted by atomic mass is 32.2. The number of carbonyl (C=O) groups excluding carboxylic acids is 2. The Morgan fingerprint density at radius 2 is 0.903 bits per heavy atom. The lowest BCUT2D eigenvalue weighted by Crippen LogP contribution is -2.42. The van der Waals surface area contributed by atoms with Gasteiger partial charge in [0.25, 0.3) is 0 Å². The molecule has 0 aromatic heterocycles. The second kappa shape index (κ2) is 16.1. The van der Waals surface area contributed by atoms with Gasteiger partial charge in [0.1, 0.15) is 0 Å². The van der Waals surface area contributed by atoms with Crippen LogP contribution in [0, 0.1) is 0 Å². The molecule has 0 aliphatic rings. The molecule has 8 nitrogen and oxygen atoms in total. The molecule has 0 heterocycles. The molecule has 0 aromatic carbocycles. The Labute approximate surface area is 193 Å². The van der Waals surface area contributed by atoms with Gasteiger partial charge in [0.2, 0.25) is 10.2 Å². The Morgan fingerprint density at radius 3 is 1.16 bits per heavy atom. The molecule has 0 saturated heterocycles. The van der Waals surface area contributed by atoms with Gasteiger partial charge in [0.05, 0.1) is 0 Å². The van der Waals surface area contributed by atoms with Crippen molar-refractivity contribution in [3.63, 3.8) is 0 Å². The van der Waals surface area contributed by atoms with Crippen molar-refractivity contribution in [3.05, 3.63) is 24.3 Å². The van der Waals surface area contributed by atoms with Crippen LogP contribution in [-0.2, 0) is 36.1 Å². The molecule has 0 fully saturated rings. The number of unbranched alkanes of at least 4 members (excludes halogenated alkanes) is 2. The van der Waals surface area contributed by atoms with Crippen LogP contribution in [0.5, 0.6) is 0 Å². The number of carbonyl (C=O) groups is 2. The lowest BCUT2D eigenvalue weighted by atomic mass is 10.1. The summed E-state index contributed by atoms with van der Waals surface area (Å²) in [7, 11) is 4.23. The van der Waals surface area contributed by atoms with Gasteiger partial charge in [-0.05, 0) is 61.4 Å². The molecule has 0 N–H and O–H groups in total. The fourth-order valence-corrected chi connectivity index (χ4v) is 7.16. The monoisotopic (exact) mass is 494 g/mol. The molecule has 0 radical (unpaired) electrons. The van der Waals surface area contributed by atoms with Crippen LogP contribution in [0.1, 0.15) is 38.5 Å². The van der Waals surface area contributed by atoms with E-state index in [1.165, 1.54) is 0 Å². The summed E-state index contributed by atoms with van der Waals surface area (Å²) in [6.45, 7) is 7.64. The maximum Gasteiger partial charge on any atom is 0.500 e. The minimum absolute atomic E-state index is 0.315. The maximum absolute atomic E-state index is 12.3. The summed E-state index contributed by atoms with van der Waals surface area (Å²) in [5.41, 5.74) is 0.837. The fraction of sp³-hybridized carbons (Fsp3) is 0.700. The molecular formula is C20H38O8SSi2. The summed E-state index contributed by atoms with van der Waals surface area (Å²) in [4.78, 5) is 24.6. The van der Waals surface area contributed by atoms with E-state index >= 15 is 0 Å². The Morgan fingerprint density at radius 1 is 0.613 bits per heavy atom. The van der Waals surface area contributed by atoms with Gasteiger partial charge in [-0.15, -0.1) is 0 Å². The topological polar surface area (TPSA) is 89.5 Å². The molecule has 0 rings (SSSR count). The first-order valence-corrected chi connectivity index (χ1v) is 14.8. The smallest absolute Gasteiger partial charge is 0.377 e. The molecule has 0 atom stereocenters. The second-order valence-electron chi connectivity index (χ2n) is 6.89. The third kappa shape index (κ3) is 10.7. The highest BCUT2D eigenvalue weighted by Gasteiger charge is 2.37. The molecule has 31 heavy (non-hydrogen) atoms. The van der Waals surface area contributed by atoms with E-state index < -0.39 is 17.6 Å². The van der Waals surface area contributed by atoms with Crippen molar-refractivity contribution >= 4 is 39.6 Å². The van der Waals surface area contributed by atoms with Crippen molar-refractivity contribution in [2.45, 2.75) is 50.6 Å².